The van der Waals surface area contributed by atoms with Gasteiger partial charge in [-0.1, -0.05) is 22.2 Å². The number of aromatic nitrogens is 3. The van der Waals surface area contributed by atoms with Crippen LogP contribution in [0, 0.1) is 6.57 Å². The van der Waals surface area contributed by atoms with Crippen molar-refractivity contribution in [2.45, 2.75) is 6.67 Å². The van der Waals surface area contributed by atoms with Crippen LogP contribution in [0.2, 0.25) is 0 Å². The third-order valence-corrected chi connectivity index (χ3v) is 1.64. The van der Waals surface area contributed by atoms with Gasteiger partial charge in [0.05, 0.1) is 5.52 Å². The molecule has 4 heteroatoms. The van der Waals surface area contributed by atoms with Crippen LogP contribution in [0.1, 0.15) is 0 Å². The van der Waals surface area contributed by atoms with E-state index in [0.29, 0.717) is 6.67 Å². The van der Waals surface area contributed by atoms with Crippen LogP contribution in [0.4, 0.5) is 0 Å². The molecule has 0 amide bonds. The van der Waals surface area contributed by atoms with Gasteiger partial charge in [0.1, 0.15) is 5.52 Å². The average Bonchev–Trinajstić information content (AvgIpc) is 2.50. The van der Waals surface area contributed by atoms with Crippen LogP contribution in [0.15, 0.2) is 24.3 Å². The largest absolute Gasteiger partial charge is 0.358 e. The van der Waals surface area contributed by atoms with Crippen molar-refractivity contribution in [2.24, 2.45) is 0 Å². The fourth-order valence-electron chi connectivity index (χ4n) is 1.10. The molecule has 58 valence electrons. The number of nitrogens with zero attached hydrogens (tertiary/aromatic N) is 4. The first-order valence-electron chi connectivity index (χ1n) is 3.57. The third kappa shape index (κ3) is 0.920. The minimum Gasteiger partial charge on any atom is -0.169 e. The second-order valence-electron chi connectivity index (χ2n) is 2.40. The highest BCUT2D eigenvalue weighted by Gasteiger charge is 2.04. The van der Waals surface area contributed by atoms with Crippen LogP contribution in [0.3, 0.4) is 0 Å². The number of para-hydroxylation sites is 1. The summed E-state index contributed by atoms with van der Waals surface area (Å²) >= 11 is 0. The summed E-state index contributed by atoms with van der Waals surface area (Å²) in [6.45, 7) is 5.39. The van der Waals surface area contributed by atoms with E-state index in [1.807, 2.05) is 24.3 Å². The van der Waals surface area contributed by atoms with Crippen LogP contribution < -0.4 is 0 Å². The van der Waals surface area contributed by atoms with Crippen molar-refractivity contribution in [2.75, 3.05) is 0 Å². The molecule has 0 fully saturated rings. The van der Waals surface area contributed by atoms with Crippen molar-refractivity contribution in [1.29, 1.82) is 0 Å². The Morgan fingerprint density at radius 1 is 1.42 bits per heavy atom. The zero-order valence-corrected chi connectivity index (χ0v) is 6.38. The smallest absolute Gasteiger partial charge is 0.169 e. The van der Waals surface area contributed by atoms with Crippen molar-refractivity contribution >= 4 is 11.0 Å². The molecule has 0 radical (unpaired) electrons. The molecule has 12 heavy (non-hydrogen) atoms. The molecule has 0 saturated carbocycles. The summed E-state index contributed by atoms with van der Waals surface area (Å²) in [6.07, 6.45) is 0. The van der Waals surface area contributed by atoms with Gasteiger partial charge in [0.2, 0.25) is 0 Å². The first-order chi connectivity index (χ1) is 5.92. The quantitative estimate of drug-likeness (QED) is 0.629. The van der Waals surface area contributed by atoms with Crippen molar-refractivity contribution in [3.05, 3.63) is 29.1 Å². The first-order valence-corrected chi connectivity index (χ1v) is 3.57. The number of hydrogen-bond donors (Lipinski definition) is 0. The van der Waals surface area contributed by atoms with Gasteiger partial charge in [-0.05, 0) is 12.1 Å². The SMILES string of the molecule is C#[N+]Cn1nnc2ccccc21. The highest BCUT2D eigenvalue weighted by Crippen LogP contribution is 2.08. The fraction of sp³-hybridized carbons (Fsp3) is 0.125. The summed E-state index contributed by atoms with van der Waals surface area (Å²) in [5, 5.41) is 7.81. The summed E-state index contributed by atoms with van der Waals surface area (Å²) in [7, 11) is 0. The highest BCUT2D eigenvalue weighted by atomic mass is 15.4. The van der Waals surface area contributed by atoms with E-state index >= 15 is 0 Å². The molecule has 0 bridgehead atoms. The summed E-state index contributed by atoms with van der Waals surface area (Å²) in [5.74, 6) is 0. The average molecular weight is 159 g/mol. The summed E-state index contributed by atoms with van der Waals surface area (Å²) in [5.41, 5.74) is 1.81. The number of fused-ring (bicyclic) bond motifs is 1. The minimum atomic E-state index is 0.348. The molecular formula is C8H7N4+. The van der Waals surface area contributed by atoms with Gasteiger partial charge in [-0.2, -0.15) is 4.68 Å². The number of rotatable bonds is 1. The Labute approximate surface area is 69.2 Å². The maximum Gasteiger partial charge on any atom is 0.358 e. The minimum absolute atomic E-state index is 0.348. The number of benzene rings is 1. The molecule has 0 saturated heterocycles. The Kier molecular flexibility index (Phi) is 1.49. The molecule has 0 unspecified atom stereocenters. The van der Waals surface area contributed by atoms with Crippen LogP contribution >= 0.6 is 0 Å². The standard InChI is InChI=1S/C8H7N4/c1-9-6-12-8-5-3-2-4-7(8)10-11-12/h1-5H,6H2/q+1. The van der Waals surface area contributed by atoms with Gasteiger partial charge in [-0.3, -0.25) is 0 Å². The van der Waals surface area contributed by atoms with E-state index in [2.05, 4.69) is 15.2 Å². The van der Waals surface area contributed by atoms with Gasteiger partial charge < -0.3 is 0 Å². The molecule has 0 N–H and O–H groups in total. The Bertz CT molecular complexity index is 437. The third-order valence-electron chi connectivity index (χ3n) is 1.64. The fourth-order valence-corrected chi connectivity index (χ4v) is 1.10. The van der Waals surface area contributed by atoms with Crippen LogP contribution in [-0.4, -0.2) is 15.0 Å². The monoisotopic (exact) mass is 159 g/mol. The van der Waals surface area contributed by atoms with E-state index in [9.17, 15) is 0 Å². The lowest BCUT2D eigenvalue weighted by Crippen LogP contribution is -1.95. The predicted molar refractivity (Wildman–Crippen MR) is 45.8 cm³/mol. The molecule has 0 atom stereocenters. The summed E-state index contributed by atoms with van der Waals surface area (Å²) < 4.78 is 1.65. The first kappa shape index (κ1) is 6.80. The van der Waals surface area contributed by atoms with E-state index in [0.717, 1.165) is 11.0 Å². The second kappa shape index (κ2) is 2.62. The number of hydrogen-bond acceptors (Lipinski definition) is 2. The molecule has 1 aromatic heterocycles. The van der Waals surface area contributed by atoms with Gasteiger partial charge in [-0.25, -0.2) is 0 Å². The molecule has 2 aromatic rings. The summed E-state index contributed by atoms with van der Waals surface area (Å²) in [6, 6.07) is 7.68. The highest BCUT2D eigenvalue weighted by molar-refractivity contribution is 5.73. The van der Waals surface area contributed by atoms with Gasteiger partial charge in [0.15, 0.2) is 0 Å². The van der Waals surface area contributed by atoms with Gasteiger partial charge in [0.25, 0.3) is 6.57 Å². The molecule has 1 aromatic carbocycles. The van der Waals surface area contributed by atoms with E-state index in [4.69, 9.17) is 6.57 Å². The molecule has 0 aliphatic carbocycles. The second-order valence-corrected chi connectivity index (χ2v) is 2.40. The Balaban J connectivity index is 2.64. The lowest BCUT2D eigenvalue weighted by atomic mass is 10.3. The zero-order valence-electron chi connectivity index (χ0n) is 6.38. The van der Waals surface area contributed by atoms with E-state index < -0.39 is 0 Å². The molecule has 0 spiro atoms. The van der Waals surface area contributed by atoms with Gasteiger partial charge in [-0.15, -0.1) is 5.10 Å². The van der Waals surface area contributed by atoms with Crippen molar-refractivity contribution < 1.29 is 0 Å². The predicted octanol–water partition coefficient (Wildman–Crippen LogP) is 1.35. The van der Waals surface area contributed by atoms with Crippen molar-refractivity contribution in [3.63, 3.8) is 0 Å². The van der Waals surface area contributed by atoms with E-state index in [1.165, 1.54) is 0 Å². The van der Waals surface area contributed by atoms with Crippen molar-refractivity contribution in [3.8, 4) is 6.57 Å². The maximum absolute atomic E-state index is 5.05. The maximum atomic E-state index is 5.05. The Morgan fingerprint density at radius 3 is 3.08 bits per heavy atom. The molecule has 0 aliphatic rings. The Morgan fingerprint density at radius 2 is 2.25 bits per heavy atom. The van der Waals surface area contributed by atoms with Crippen LogP contribution in [-0.2, 0) is 6.67 Å². The van der Waals surface area contributed by atoms with Crippen LogP contribution in [0.5, 0.6) is 0 Å². The summed E-state index contributed by atoms with van der Waals surface area (Å²) in [4.78, 5) is 3.49. The lowest BCUT2D eigenvalue weighted by molar-refractivity contribution is 0.681. The van der Waals surface area contributed by atoms with Gasteiger partial charge in [0, 0.05) is 0 Å². The van der Waals surface area contributed by atoms with E-state index in [1.54, 1.807) is 4.68 Å². The molecule has 4 nitrogen and oxygen atoms in total. The molecule has 2 rings (SSSR count). The Hall–Kier alpha value is -1.89. The molecular weight excluding hydrogens is 152 g/mol. The topological polar surface area (TPSA) is 35.1 Å². The van der Waals surface area contributed by atoms with E-state index in [-0.39, 0.29) is 0 Å². The molecule has 0 aliphatic heterocycles. The molecule has 1 heterocycles. The van der Waals surface area contributed by atoms with Crippen molar-refractivity contribution in [1.82, 2.24) is 15.0 Å². The lowest BCUT2D eigenvalue weighted by Gasteiger charge is -1.87. The van der Waals surface area contributed by atoms with Gasteiger partial charge >= 0.3 is 6.67 Å². The normalized spacial score (nSPS) is 9.92. The van der Waals surface area contributed by atoms with Crippen LogP contribution in [0.25, 0.3) is 15.9 Å². The zero-order chi connectivity index (χ0) is 8.39.